The maximum absolute atomic E-state index is 13.3. The molecule has 0 radical (unpaired) electrons. The van der Waals surface area contributed by atoms with Gasteiger partial charge in [0.15, 0.2) is 9.84 Å². The summed E-state index contributed by atoms with van der Waals surface area (Å²) in [5.74, 6) is -0.996. The van der Waals surface area contributed by atoms with Crippen LogP contribution in [0, 0.1) is 5.82 Å². The Morgan fingerprint density at radius 3 is 2.45 bits per heavy atom. The van der Waals surface area contributed by atoms with Crippen molar-refractivity contribution in [2.24, 2.45) is 0 Å². The number of rotatable bonds is 6. The quantitative estimate of drug-likeness (QED) is 0.536. The minimum atomic E-state index is -3.90. The first-order valence-corrected chi connectivity index (χ1v) is 12.1. The molecular weight excluding hydrogens is 443 g/mol. The van der Waals surface area contributed by atoms with Gasteiger partial charge in [-0.3, -0.25) is 9.59 Å². The molecule has 0 spiro atoms. The van der Waals surface area contributed by atoms with E-state index >= 15 is 0 Å². The van der Waals surface area contributed by atoms with Crippen LogP contribution in [0.2, 0.25) is 0 Å². The molecule has 1 atom stereocenters. The fourth-order valence-electron chi connectivity index (χ4n) is 3.87. The topological polar surface area (TPSA) is 92.3 Å². The van der Waals surface area contributed by atoms with Crippen molar-refractivity contribution >= 4 is 27.3 Å². The number of benzene rings is 3. The van der Waals surface area contributed by atoms with Gasteiger partial charge in [-0.25, -0.2) is 12.8 Å². The van der Waals surface area contributed by atoms with E-state index in [1.807, 2.05) is 0 Å². The molecule has 8 heteroatoms. The maximum Gasteiger partial charge on any atom is 0.251 e. The third-order valence-electron chi connectivity index (χ3n) is 5.63. The van der Waals surface area contributed by atoms with Crippen LogP contribution in [0.1, 0.15) is 39.6 Å². The van der Waals surface area contributed by atoms with Crippen LogP contribution >= 0.6 is 0 Å². The largest absolute Gasteiger partial charge is 0.350 e. The van der Waals surface area contributed by atoms with Crippen molar-refractivity contribution in [3.05, 3.63) is 95.3 Å². The number of amides is 2. The van der Waals surface area contributed by atoms with Crippen molar-refractivity contribution in [3.63, 3.8) is 0 Å². The average Bonchev–Trinajstić information content (AvgIpc) is 2.99. The highest BCUT2D eigenvalue weighted by atomic mass is 32.2. The molecule has 0 saturated heterocycles. The zero-order valence-electron chi connectivity index (χ0n) is 17.8. The molecule has 3 aromatic rings. The second-order valence-corrected chi connectivity index (χ2v) is 10.0. The molecule has 1 aliphatic rings. The van der Waals surface area contributed by atoms with E-state index in [1.54, 1.807) is 48.5 Å². The Morgan fingerprint density at radius 2 is 1.73 bits per heavy atom. The van der Waals surface area contributed by atoms with Crippen molar-refractivity contribution in [1.82, 2.24) is 5.32 Å². The number of hydrogen-bond donors (Lipinski definition) is 2. The molecule has 0 saturated carbocycles. The number of anilines is 1. The van der Waals surface area contributed by atoms with Gasteiger partial charge in [-0.2, -0.15) is 0 Å². The number of halogens is 1. The predicted octanol–water partition coefficient (Wildman–Crippen LogP) is 4.05. The Labute approximate surface area is 191 Å². The van der Waals surface area contributed by atoms with E-state index in [0.29, 0.717) is 36.1 Å². The molecule has 1 aliphatic heterocycles. The molecule has 4 rings (SSSR count). The lowest BCUT2D eigenvalue weighted by molar-refractivity contribution is -0.116. The van der Waals surface area contributed by atoms with Gasteiger partial charge in [0.2, 0.25) is 5.91 Å². The number of carbonyl (C=O) groups is 2. The monoisotopic (exact) mass is 466 g/mol. The van der Waals surface area contributed by atoms with Gasteiger partial charge < -0.3 is 10.6 Å². The number of aryl methyl sites for hydroxylation is 1. The van der Waals surface area contributed by atoms with E-state index in [9.17, 15) is 22.4 Å². The summed E-state index contributed by atoms with van der Waals surface area (Å²) in [5.41, 5.74) is 2.46. The van der Waals surface area contributed by atoms with Crippen LogP contribution in [0.25, 0.3) is 0 Å². The molecule has 1 heterocycles. The normalized spacial score (nSPS) is 14.5. The summed E-state index contributed by atoms with van der Waals surface area (Å²) in [5, 5.41) is 4.51. The fourth-order valence-corrected chi connectivity index (χ4v) is 5.53. The average molecular weight is 467 g/mol. The summed E-state index contributed by atoms with van der Waals surface area (Å²) < 4.78 is 40.0. The summed E-state index contributed by atoms with van der Waals surface area (Å²) >= 11 is 0. The first kappa shape index (κ1) is 22.7. The SMILES string of the molecule is O=C1CCCc2cc(C(=O)NCC(c3ccccc3)S(=O)(=O)c3ccc(F)cc3)ccc2N1. The van der Waals surface area contributed by atoms with E-state index in [-0.39, 0.29) is 17.3 Å². The van der Waals surface area contributed by atoms with E-state index in [1.165, 1.54) is 12.1 Å². The second-order valence-electron chi connectivity index (χ2n) is 7.88. The number of sulfone groups is 1. The molecule has 0 bridgehead atoms. The Hall–Kier alpha value is -3.52. The first-order chi connectivity index (χ1) is 15.8. The highest BCUT2D eigenvalue weighted by Crippen LogP contribution is 2.29. The van der Waals surface area contributed by atoms with Crippen molar-refractivity contribution in [2.75, 3.05) is 11.9 Å². The highest BCUT2D eigenvalue weighted by molar-refractivity contribution is 7.91. The lowest BCUT2D eigenvalue weighted by Crippen LogP contribution is -2.32. The second kappa shape index (κ2) is 9.54. The molecule has 1 unspecified atom stereocenters. The molecule has 0 aliphatic carbocycles. The van der Waals surface area contributed by atoms with Gasteiger partial charge in [0.1, 0.15) is 11.1 Å². The van der Waals surface area contributed by atoms with E-state index < -0.39 is 26.8 Å². The van der Waals surface area contributed by atoms with E-state index in [0.717, 1.165) is 17.7 Å². The van der Waals surface area contributed by atoms with Crippen LogP contribution < -0.4 is 10.6 Å². The number of carbonyl (C=O) groups excluding carboxylic acids is 2. The zero-order valence-corrected chi connectivity index (χ0v) is 18.6. The summed E-state index contributed by atoms with van der Waals surface area (Å²) in [4.78, 5) is 24.6. The predicted molar refractivity (Wildman–Crippen MR) is 123 cm³/mol. The Bertz CT molecular complexity index is 1280. The third kappa shape index (κ3) is 5.12. The van der Waals surface area contributed by atoms with Gasteiger partial charge in [-0.1, -0.05) is 30.3 Å². The molecule has 6 nitrogen and oxygen atoms in total. The van der Waals surface area contributed by atoms with Crippen LogP contribution in [-0.4, -0.2) is 26.8 Å². The van der Waals surface area contributed by atoms with Gasteiger partial charge in [0.05, 0.1) is 4.90 Å². The smallest absolute Gasteiger partial charge is 0.251 e. The van der Waals surface area contributed by atoms with Crippen LogP contribution in [-0.2, 0) is 21.1 Å². The van der Waals surface area contributed by atoms with Crippen molar-refractivity contribution in [2.45, 2.75) is 29.4 Å². The number of hydrogen-bond acceptors (Lipinski definition) is 4. The van der Waals surface area contributed by atoms with E-state index in [2.05, 4.69) is 10.6 Å². The summed E-state index contributed by atoms with van der Waals surface area (Å²) in [6.07, 6.45) is 1.78. The van der Waals surface area contributed by atoms with Crippen molar-refractivity contribution in [3.8, 4) is 0 Å². The van der Waals surface area contributed by atoms with Crippen LogP contribution in [0.4, 0.5) is 10.1 Å². The number of fused-ring (bicyclic) bond motifs is 1. The first-order valence-electron chi connectivity index (χ1n) is 10.6. The van der Waals surface area contributed by atoms with Gasteiger partial charge >= 0.3 is 0 Å². The van der Waals surface area contributed by atoms with Crippen LogP contribution in [0.15, 0.2) is 77.7 Å². The molecule has 0 aromatic heterocycles. The molecule has 0 fully saturated rings. The Kier molecular flexibility index (Phi) is 6.55. The minimum absolute atomic E-state index is 0.0206. The van der Waals surface area contributed by atoms with Gasteiger partial charge in [-0.05, 0) is 66.4 Å². The van der Waals surface area contributed by atoms with Crippen LogP contribution in [0.5, 0.6) is 0 Å². The maximum atomic E-state index is 13.3. The molecular formula is C25H23FN2O4S. The standard InChI is InChI=1S/C25H23FN2O4S/c26-20-10-12-21(13-11-20)33(31,32)23(17-5-2-1-3-6-17)16-27-25(30)19-9-14-22-18(15-19)7-4-8-24(29)28-22/h1-3,5-6,9-15,23H,4,7-8,16H2,(H,27,30)(H,28,29). The fraction of sp³-hybridized carbons (Fsp3) is 0.200. The van der Waals surface area contributed by atoms with Gasteiger partial charge in [0.25, 0.3) is 5.91 Å². The zero-order chi connectivity index (χ0) is 23.4. The third-order valence-corrected chi connectivity index (χ3v) is 7.74. The summed E-state index contributed by atoms with van der Waals surface area (Å²) in [7, 11) is -3.90. The lowest BCUT2D eigenvalue weighted by Gasteiger charge is -2.19. The number of nitrogens with one attached hydrogen (secondary N) is 2. The molecule has 2 N–H and O–H groups in total. The molecule has 3 aromatic carbocycles. The highest BCUT2D eigenvalue weighted by Gasteiger charge is 2.30. The van der Waals surface area contributed by atoms with Gasteiger partial charge in [0, 0.05) is 24.2 Å². The summed E-state index contributed by atoms with van der Waals surface area (Å²) in [6.45, 7) is -0.156. The van der Waals surface area contributed by atoms with Gasteiger partial charge in [-0.15, -0.1) is 0 Å². The molecule has 33 heavy (non-hydrogen) atoms. The van der Waals surface area contributed by atoms with Crippen LogP contribution in [0.3, 0.4) is 0 Å². The lowest BCUT2D eigenvalue weighted by atomic mass is 10.0. The van der Waals surface area contributed by atoms with Crippen molar-refractivity contribution in [1.29, 1.82) is 0 Å². The Morgan fingerprint density at radius 1 is 1.00 bits per heavy atom. The van der Waals surface area contributed by atoms with Crippen molar-refractivity contribution < 1.29 is 22.4 Å². The minimum Gasteiger partial charge on any atom is -0.350 e. The Balaban J connectivity index is 1.58. The van der Waals surface area contributed by atoms with E-state index in [4.69, 9.17) is 0 Å². The molecule has 170 valence electrons. The molecule has 2 amide bonds. The summed E-state index contributed by atoms with van der Waals surface area (Å²) in [6, 6.07) is 18.3.